The molecule has 0 N–H and O–H groups in total. The number of aryl methyl sites for hydroxylation is 1. The lowest BCUT2D eigenvalue weighted by atomic mass is 9.79. The minimum Gasteiger partial charge on any atom is -0.339 e. The summed E-state index contributed by atoms with van der Waals surface area (Å²) in [6.45, 7) is 5.98. The Bertz CT molecular complexity index is 1040. The van der Waals surface area contributed by atoms with Gasteiger partial charge in [-0.2, -0.15) is 4.98 Å². The summed E-state index contributed by atoms with van der Waals surface area (Å²) in [6.07, 6.45) is 8.66. The topological polar surface area (TPSA) is 57.8 Å². The van der Waals surface area contributed by atoms with Crippen LogP contribution >= 0.6 is 11.6 Å². The van der Waals surface area contributed by atoms with Crippen molar-refractivity contribution < 1.29 is 4.52 Å². The van der Waals surface area contributed by atoms with Gasteiger partial charge in [-0.3, -0.25) is 9.89 Å². The van der Waals surface area contributed by atoms with Crippen LogP contribution in [0.2, 0.25) is 5.02 Å². The van der Waals surface area contributed by atoms with Crippen molar-refractivity contribution in [1.29, 1.82) is 0 Å². The zero-order valence-electron chi connectivity index (χ0n) is 19.2. The largest absolute Gasteiger partial charge is 0.339 e. The van der Waals surface area contributed by atoms with E-state index in [1.54, 1.807) is 0 Å². The Hall–Kier alpha value is -2.18. The van der Waals surface area contributed by atoms with Crippen molar-refractivity contribution in [3.8, 4) is 0 Å². The zero-order valence-corrected chi connectivity index (χ0v) is 20.0. The molecule has 6 nitrogen and oxygen atoms in total. The van der Waals surface area contributed by atoms with Crippen molar-refractivity contribution in [2.24, 2.45) is 10.9 Å². The van der Waals surface area contributed by atoms with Gasteiger partial charge >= 0.3 is 0 Å². The van der Waals surface area contributed by atoms with Crippen LogP contribution in [-0.4, -0.2) is 40.5 Å². The van der Waals surface area contributed by atoms with Gasteiger partial charge in [0, 0.05) is 29.6 Å². The van der Waals surface area contributed by atoms with Gasteiger partial charge in [0.15, 0.2) is 5.82 Å². The molecule has 1 saturated carbocycles. The molecule has 5 rings (SSSR count). The Morgan fingerprint density at radius 1 is 1.12 bits per heavy atom. The molecule has 170 valence electrons. The van der Waals surface area contributed by atoms with Gasteiger partial charge < -0.3 is 9.42 Å². The van der Waals surface area contributed by atoms with Gasteiger partial charge in [-0.05, 0) is 75.8 Å². The minimum atomic E-state index is 0.287. The van der Waals surface area contributed by atoms with E-state index in [-0.39, 0.29) is 6.04 Å². The lowest BCUT2D eigenvalue weighted by Crippen LogP contribution is -2.38. The number of benzene rings is 1. The highest BCUT2D eigenvalue weighted by Gasteiger charge is 2.34. The number of fused-ring (bicyclic) bond motifs is 3. The summed E-state index contributed by atoms with van der Waals surface area (Å²) >= 11 is 6.38. The van der Waals surface area contributed by atoms with Crippen molar-refractivity contribution in [1.82, 2.24) is 15.0 Å². The van der Waals surface area contributed by atoms with Crippen molar-refractivity contribution >= 4 is 23.1 Å². The molecule has 0 bridgehead atoms. The van der Waals surface area contributed by atoms with Crippen LogP contribution in [-0.2, 0) is 13.0 Å². The number of aromatic nitrogens is 2. The minimum absolute atomic E-state index is 0.287. The second-order valence-corrected chi connectivity index (χ2v) is 9.92. The third-order valence-electron chi connectivity index (χ3n) is 6.98. The lowest BCUT2D eigenvalue weighted by molar-refractivity contribution is 0.332. The molecule has 1 aliphatic carbocycles. The van der Waals surface area contributed by atoms with Crippen molar-refractivity contribution in [2.75, 3.05) is 18.5 Å². The highest BCUT2D eigenvalue weighted by Crippen LogP contribution is 2.42. The van der Waals surface area contributed by atoms with E-state index in [1.165, 1.54) is 16.9 Å². The van der Waals surface area contributed by atoms with E-state index >= 15 is 0 Å². The molecule has 0 amide bonds. The van der Waals surface area contributed by atoms with Crippen LogP contribution in [0.4, 0.5) is 5.69 Å². The van der Waals surface area contributed by atoms with E-state index in [2.05, 4.69) is 59.0 Å². The van der Waals surface area contributed by atoms with Crippen LogP contribution in [0.25, 0.3) is 0 Å². The number of hydrogen-bond acceptors (Lipinski definition) is 6. The molecule has 0 radical (unpaired) electrons. The Labute approximate surface area is 195 Å². The molecule has 0 saturated heterocycles. The summed E-state index contributed by atoms with van der Waals surface area (Å²) in [6, 6.07) is 6.58. The molecule has 0 unspecified atom stereocenters. The third-order valence-corrected chi connectivity index (χ3v) is 7.22. The number of aliphatic imine (C=N–C) groups is 1. The molecule has 3 heterocycles. The molecule has 0 spiro atoms. The van der Waals surface area contributed by atoms with E-state index in [1.807, 2.05) is 6.07 Å². The Morgan fingerprint density at radius 2 is 1.91 bits per heavy atom. The number of allylic oxidation sites excluding steroid dienone is 1. The highest BCUT2D eigenvalue weighted by molar-refractivity contribution is 6.30. The molecule has 1 fully saturated rings. The van der Waals surface area contributed by atoms with Gasteiger partial charge in [0.05, 0.1) is 18.3 Å². The monoisotopic (exact) mass is 453 g/mol. The molecule has 1 aromatic carbocycles. The molecule has 7 heteroatoms. The van der Waals surface area contributed by atoms with E-state index < -0.39 is 0 Å². The van der Waals surface area contributed by atoms with Crippen LogP contribution in [0.15, 0.2) is 39.5 Å². The summed E-state index contributed by atoms with van der Waals surface area (Å²) in [4.78, 5) is 14.5. The highest BCUT2D eigenvalue weighted by atomic mass is 35.5. The fourth-order valence-corrected chi connectivity index (χ4v) is 5.54. The molecular formula is C25H32ClN5O. The quantitative estimate of drug-likeness (QED) is 0.606. The number of likely N-dealkylation sites (N-methyl/N-ethyl adjacent to an activating group) is 1. The summed E-state index contributed by atoms with van der Waals surface area (Å²) in [5.41, 5.74) is 3.90. The van der Waals surface area contributed by atoms with Crippen LogP contribution in [0.5, 0.6) is 0 Å². The Morgan fingerprint density at radius 3 is 2.66 bits per heavy atom. The van der Waals surface area contributed by atoms with Crippen molar-refractivity contribution in [3.63, 3.8) is 0 Å². The Balaban J connectivity index is 1.44. The van der Waals surface area contributed by atoms with Gasteiger partial charge in [-0.1, -0.05) is 29.8 Å². The first-order valence-corrected chi connectivity index (χ1v) is 12.3. The van der Waals surface area contributed by atoms with Crippen molar-refractivity contribution in [2.45, 2.75) is 70.9 Å². The molecule has 2 aliphatic heterocycles. The standard InChI is InChI=1S/C25H32ClN5O/c1-4-24-28-25(29-32-24)18-8-6-17(7-9-18)21-11-5-16(2)27-23-15-30(3)14-19-13-20(26)10-12-22(19)31(21)23/h10-13,16-18H,4-9,14-15H2,1-3H3/t16-,17?,18?/m1/s1. The maximum Gasteiger partial charge on any atom is 0.226 e. The van der Waals surface area contributed by atoms with E-state index in [0.29, 0.717) is 11.8 Å². The number of nitrogens with zero attached hydrogens (tertiary/aromatic N) is 5. The van der Waals surface area contributed by atoms with E-state index in [9.17, 15) is 0 Å². The number of rotatable bonds is 3. The molecule has 2 aromatic rings. The fraction of sp³-hybridized carbons (Fsp3) is 0.560. The predicted octanol–water partition coefficient (Wildman–Crippen LogP) is 5.59. The van der Waals surface area contributed by atoms with Gasteiger partial charge in [0.1, 0.15) is 5.84 Å². The van der Waals surface area contributed by atoms with Gasteiger partial charge in [0.2, 0.25) is 5.89 Å². The first-order chi connectivity index (χ1) is 15.5. The third kappa shape index (κ3) is 4.23. The normalized spacial score (nSPS) is 26.5. The number of hydrogen-bond donors (Lipinski definition) is 0. The summed E-state index contributed by atoms with van der Waals surface area (Å²) in [7, 11) is 2.16. The molecule has 3 aliphatic rings. The van der Waals surface area contributed by atoms with E-state index in [0.717, 1.165) is 74.2 Å². The number of halogens is 1. The first kappa shape index (κ1) is 21.7. The number of anilines is 1. The van der Waals surface area contributed by atoms with Crippen LogP contribution in [0, 0.1) is 5.92 Å². The van der Waals surface area contributed by atoms with Crippen LogP contribution < -0.4 is 4.90 Å². The summed E-state index contributed by atoms with van der Waals surface area (Å²) in [5.74, 6) is 3.69. The van der Waals surface area contributed by atoms with Gasteiger partial charge in [-0.25, -0.2) is 0 Å². The van der Waals surface area contributed by atoms with Gasteiger partial charge in [0.25, 0.3) is 0 Å². The molecule has 32 heavy (non-hydrogen) atoms. The first-order valence-electron chi connectivity index (χ1n) is 11.9. The maximum absolute atomic E-state index is 6.38. The van der Waals surface area contributed by atoms with E-state index in [4.69, 9.17) is 21.1 Å². The second kappa shape index (κ2) is 8.99. The average molecular weight is 454 g/mol. The molecule has 1 atom stereocenters. The van der Waals surface area contributed by atoms with Crippen LogP contribution in [0.1, 0.15) is 69.1 Å². The zero-order chi connectivity index (χ0) is 22.2. The fourth-order valence-electron chi connectivity index (χ4n) is 5.35. The summed E-state index contributed by atoms with van der Waals surface area (Å²) in [5, 5.41) is 5.04. The van der Waals surface area contributed by atoms with Gasteiger partial charge in [-0.15, -0.1) is 0 Å². The second-order valence-electron chi connectivity index (χ2n) is 9.49. The molecule has 1 aromatic heterocycles. The van der Waals surface area contributed by atoms with Crippen LogP contribution in [0.3, 0.4) is 0 Å². The lowest BCUT2D eigenvalue weighted by Gasteiger charge is -2.36. The number of amidine groups is 1. The van der Waals surface area contributed by atoms with Crippen molar-refractivity contribution in [3.05, 3.63) is 52.3 Å². The molecular weight excluding hydrogens is 422 g/mol. The smallest absolute Gasteiger partial charge is 0.226 e. The average Bonchev–Trinajstić information content (AvgIpc) is 3.15. The predicted molar refractivity (Wildman–Crippen MR) is 128 cm³/mol. The Kier molecular flexibility index (Phi) is 6.08. The SMILES string of the molecule is CCc1nc(C2CCC(C3=CC[C@@H](C)N=C4CN(C)Cc5cc(Cl)ccc5N34)CC2)no1. The maximum atomic E-state index is 6.38. The summed E-state index contributed by atoms with van der Waals surface area (Å²) < 4.78 is 5.37.